The molecule has 4 nitrogen and oxygen atoms in total. The molecule has 1 atom stereocenters. The van der Waals surface area contributed by atoms with Gasteiger partial charge in [-0.25, -0.2) is 0 Å². The Labute approximate surface area is 170 Å². The third kappa shape index (κ3) is 4.27. The number of halogens is 3. The normalized spacial score (nSPS) is 17.3. The molecule has 0 spiro atoms. The van der Waals surface area contributed by atoms with Gasteiger partial charge in [-0.15, -0.1) is 24.8 Å². The summed E-state index contributed by atoms with van der Waals surface area (Å²) in [6.45, 7) is 3.65. The van der Waals surface area contributed by atoms with Gasteiger partial charge in [-0.2, -0.15) is 0 Å². The summed E-state index contributed by atoms with van der Waals surface area (Å²) in [7, 11) is 0. The number of nitrogens with zero attached hydrogens (tertiary/aromatic N) is 3. The van der Waals surface area contributed by atoms with Gasteiger partial charge in [0.1, 0.15) is 0 Å². The largest absolute Gasteiger partial charge is 0.314 e. The summed E-state index contributed by atoms with van der Waals surface area (Å²) in [5.74, 6) is 0. The van der Waals surface area contributed by atoms with Crippen LogP contribution in [0.25, 0.3) is 10.9 Å². The summed E-state index contributed by atoms with van der Waals surface area (Å²) in [5, 5.41) is 5.39. The Hall–Kier alpha value is -1.43. The van der Waals surface area contributed by atoms with Crippen molar-refractivity contribution < 1.29 is 0 Å². The van der Waals surface area contributed by atoms with Crippen molar-refractivity contribution >= 4 is 47.3 Å². The molecule has 1 aliphatic heterocycles. The van der Waals surface area contributed by atoms with Gasteiger partial charge in [-0.05, 0) is 23.8 Å². The number of pyridine rings is 2. The van der Waals surface area contributed by atoms with Gasteiger partial charge in [0.15, 0.2) is 0 Å². The number of nitrogens with one attached hydrogen (secondary N) is 1. The van der Waals surface area contributed by atoms with E-state index in [4.69, 9.17) is 11.6 Å². The van der Waals surface area contributed by atoms with Crippen LogP contribution in [0.1, 0.15) is 17.2 Å². The summed E-state index contributed by atoms with van der Waals surface area (Å²) in [4.78, 5) is 11.3. The van der Waals surface area contributed by atoms with Crippen LogP contribution in [-0.2, 0) is 6.54 Å². The molecule has 0 radical (unpaired) electrons. The van der Waals surface area contributed by atoms with Crippen molar-refractivity contribution in [1.29, 1.82) is 0 Å². The van der Waals surface area contributed by atoms with Crippen LogP contribution in [0.15, 0.2) is 55.0 Å². The molecule has 1 aromatic carbocycles. The molecule has 0 amide bonds. The van der Waals surface area contributed by atoms with Gasteiger partial charge in [-0.3, -0.25) is 14.9 Å². The first-order chi connectivity index (χ1) is 11.8. The van der Waals surface area contributed by atoms with Crippen LogP contribution >= 0.6 is 36.4 Å². The molecular weight excluding hydrogens is 391 g/mol. The predicted octanol–water partition coefficient (Wildman–Crippen LogP) is 4.27. The minimum atomic E-state index is 0. The van der Waals surface area contributed by atoms with E-state index in [1.165, 1.54) is 5.56 Å². The first-order valence-electron chi connectivity index (χ1n) is 8.20. The molecule has 4 rings (SSSR count). The molecule has 3 aromatic rings. The summed E-state index contributed by atoms with van der Waals surface area (Å²) >= 11 is 6.52. The summed E-state index contributed by atoms with van der Waals surface area (Å²) in [6, 6.07) is 12.5. The number of rotatable bonds is 3. The third-order valence-electron chi connectivity index (χ3n) is 4.61. The van der Waals surface area contributed by atoms with E-state index in [1.807, 2.05) is 42.9 Å². The molecule has 3 heterocycles. The van der Waals surface area contributed by atoms with Crippen LogP contribution in [0, 0.1) is 0 Å². The third-order valence-corrected chi connectivity index (χ3v) is 4.96. The van der Waals surface area contributed by atoms with E-state index < -0.39 is 0 Å². The van der Waals surface area contributed by atoms with Gasteiger partial charge in [-0.1, -0.05) is 29.8 Å². The quantitative estimate of drug-likeness (QED) is 0.698. The first-order valence-corrected chi connectivity index (χ1v) is 8.57. The van der Waals surface area contributed by atoms with Crippen LogP contribution in [0.3, 0.4) is 0 Å². The van der Waals surface area contributed by atoms with E-state index in [2.05, 4.69) is 32.3 Å². The maximum atomic E-state index is 6.52. The zero-order chi connectivity index (χ0) is 16.4. The molecule has 0 aliphatic carbocycles. The molecular formula is C19H21Cl3N4. The van der Waals surface area contributed by atoms with E-state index >= 15 is 0 Å². The molecule has 138 valence electrons. The van der Waals surface area contributed by atoms with Crippen molar-refractivity contribution in [3.8, 4) is 0 Å². The lowest BCUT2D eigenvalue weighted by atomic mass is 10.0. The van der Waals surface area contributed by atoms with Crippen molar-refractivity contribution in [3.63, 3.8) is 0 Å². The highest BCUT2D eigenvalue weighted by Gasteiger charge is 2.25. The Balaban J connectivity index is 0.00000121. The maximum Gasteiger partial charge on any atom is 0.0761 e. The van der Waals surface area contributed by atoms with Crippen LogP contribution in [0.4, 0.5) is 0 Å². The number of hydrogen-bond donors (Lipinski definition) is 1. The summed E-state index contributed by atoms with van der Waals surface area (Å²) in [5.41, 5.74) is 3.33. The highest BCUT2D eigenvalue weighted by Crippen LogP contribution is 2.30. The average molecular weight is 412 g/mol. The van der Waals surface area contributed by atoms with Gasteiger partial charge in [0.05, 0.1) is 5.52 Å². The van der Waals surface area contributed by atoms with Crippen molar-refractivity contribution in [2.45, 2.75) is 12.6 Å². The van der Waals surface area contributed by atoms with Crippen molar-refractivity contribution in [3.05, 3.63) is 71.1 Å². The van der Waals surface area contributed by atoms with Crippen LogP contribution < -0.4 is 5.32 Å². The monoisotopic (exact) mass is 410 g/mol. The Morgan fingerprint density at radius 3 is 2.77 bits per heavy atom. The minimum absolute atomic E-state index is 0. The Bertz CT molecular complexity index is 845. The second-order valence-electron chi connectivity index (χ2n) is 6.08. The molecule has 7 heteroatoms. The van der Waals surface area contributed by atoms with Crippen molar-refractivity contribution in [1.82, 2.24) is 20.2 Å². The molecule has 1 unspecified atom stereocenters. The Morgan fingerprint density at radius 1 is 1.12 bits per heavy atom. The zero-order valence-electron chi connectivity index (χ0n) is 14.1. The van der Waals surface area contributed by atoms with Crippen LogP contribution in [0.5, 0.6) is 0 Å². The van der Waals surface area contributed by atoms with Crippen LogP contribution in [-0.4, -0.2) is 34.5 Å². The fraction of sp³-hybridized carbons (Fsp3) is 0.263. The second kappa shape index (κ2) is 9.49. The van der Waals surface area contributed by atoms with E-state index in [1.54, 1.807) is 0 Å². The van der Waals surface area contributed by atoms with E-state index in [9.17, 15) is 0 Å². The lowest BCUT2D eigenvalue weighted by molar-refractivity contribution is 0.154. The van der Waals surface area contributed by atoms with Gasteiger partial charge in [0, 0.05) is 66.8 Å². The smallest absolute Gasteiger partial charge is 0.0761 e. The van der Waals surface area contributed by atoms with Crippen molar-refractivity contribution in [2.75, 3.05) is 19.6 Å². The number of aromatic nitrogens is 2. The number of piperazine rings is 1. The van der Waals surface area contributed by atoms with E-state index in [0.29, 0.717) is 6.04 Å². The van der Waals surface area contributed by atoms with E-state index in [-0.39, 0.29) is 24.8 Å². The molecule has 0 saturated carbocycles. The van der Waals surface area contributed by atoms with Gasteiger partial charge >= 0.3 is 0 Å². The van der Waals surface area contributed by atoms with E-state index in [0.717, 1.165) is 47.7 Å². The first kappa shape index (κ1) is 20.9. The average Bonchev–Trinajstić information content (AvgIpc) is 2.65. The molecule has 1 fully saturated rings. The highest BCUT2D eigenvalue weighted by atomic mass is 35.5. The zero-order valence-corrected chi connectivity index (χ0v) is 16.5. The molecule has 1 N–H and O–H groups in total. The topological polar surface area (TPSA) is 41.1 Å². The molecule has 1 aliphatic rings. The van der Waals surface area contributed by atoms with Gasteiger partial charge < -0.3 is 5.32 Å². The minimum Gasteiger partial charge on any atom is -0.314 e. The molecule has 26 heavy (non-hydrogen) atoms. The lowest BCUT2D eigenvalue weighted by Crippen LogP contribution is -2.45. The molecule has 1 saturated heterocycles. The Morgan fingerprint density at radius 2 is 1.96 bits per heavy atom. The number of fused-ring (bicyclic) bond motifs is 1. The summed E-state index contributed by atoms with van der Waals surface area (Å²) in [6.07, 6.45) is 5.60. The molecule has 0 bridgehead atoms. The maximum absolute atomic E-state index is 6.52. The lowest BCUT2D eigenvalue weighted by Gasteiger charge is -2.36. The SMILES string of the molecule is Cl.Cl.Clc1ccc2cccnc2c1CN1CCNCC1c1cccnc1. The fourth-order valence-corrected chi connectivity index (χ4v) is 3.58. The number of benzene rings is 1. The second-order valence-corrected chi connectivity index (χ2v) is 6.49. The van der Waals surface area contributed by atoms with Crippen LogP contribution in [0.2, 0.25) is 5.02 Å². The van der Waals surface area contributed by atoms with Crippen molar-refractivity contribution in [2.24, 2.45) is 0 Å². The van der Waals surface area contributed by atoms with Gasteiger partial charge in [0.2, 0.25) is 0 Å². The Kier molecular flexibility index (Phi) is 7.62. The summed E-state index contributed by atoms with van der Waals surface area (Å²) < 4.78 is 0. The fourth-order valence-electron chi connectivity index (χ4n) is 3.37. The number of hydrogen-bond acceptors (Lipinski definition) is 4. The molecule has 2 aromatic heterocycles. The predicted molar refractivity (Wildman–Crippen MR) is 112 cm³/mol. The standard InChI is InChI=1S/C19H19ClN4.2ClH/c20-17-6-5-14-3-2-8-23-19(14)16(17)13-24-10-9-22-12-18(24)15-4-1-7-21-11-15;;/h1-8,11,18,22H,9-10,12-13H2;2*1H. The van der Waals surface area contributed by atoms with Gasteiger partial charge in [0.25, 0.3) is 0 Å². The highest BCUT2D eigenvalue weighted by molar-refractivity contribution is 6.32.